The van der Waals surface area contributed by atoms with Gasteiger partial charge in [-0.3, -0.25) is 9.59 Å². The second-order valence-electron chi connectivity index (χ2n) is 5.89. The molecule has 1 aliphatic heterocycles. The number of carboxylic acid groups (broad SMARTS) is 1. The van der Waals surface area contributed by atoms with Gasteiger partial charge in [0.1, 0.15) is 5.69 Å². The van der Waals surface area contributed by atoms with E-state index in [1.54, 1.807) is 24.1 Å². The Morgan fingerprint density at radius 3 is 2.52 bits per heavy atom. The van der Waals surface area contributed by atoms with Gasteiger partial charge >= 0.3 is 5.97 Å². The van der Waals surface area contributed by atoms with E-state index in [2.05, 4.69) is 0 Å². The molecule has 1 fully saturated rings. The molecule has 1 saturated heterocycles. The number of carbonyl (C=O) groups is 2. The number of hydrogen-bond donors (Lipinski definition) is 1. The quantitative estimate of drug-likeness (QED) is 0.930. The van der Waals surface area contributed by atoms with Crippen molar-refractivity contribution in [3.8, 4) is 0 Å². The number of hydrogen-bond acceptors (Lipinski definition) is 2. The number of piperidine rings is 1. The van der Waals surface area contributed by atoms with Gasteiger partial charge in [0.2, 0.25) is 0 Å². The largest absolute Gasteiger partial charge is 0.481 e. The molecule has 0 unspecified atom stereocenters. The molecule has 0 bridgehead atoms. The molecule has 116 valence electrons. The van der Waals surface area contributed by atoms with E-state index in [1.807, 2.05) is 11.5 Å². The third-order valence-electron chi connectivity index (χ3n) is 4.22. The van der Waals surface area contributed by atoms with Crippen molar-refractivity contribution >= 4 is 23.5 Å². The second-order valence-corrected chi connectivity index (χ2v) is 6.33. The van der Waals surface area contributed by atoms with Gasteiger partial charge in [-0.05, 0) is 32.3 Å². The van der Waals surface area contributed by atoms with E-state index in [0.717, 1.165) is 13.0 Å². The molecule has 0 aromatic carbocycles. The molecule has 1 amide bonds. The summed E-state index contributed by atoms with van der Waals surface area (Å²) in [5, 5.41) is 9.79. The van der Waals surface area contributed by atoms with Gasteiger partial charge in [-0.25, -0.2) is 0 Å². The number of aliphatic carboxylic acids is 1. The third kappa shape index (κ3) is 3.23. The number of nitrogens with zero attached hydrogens (tertiary/aromatic N) is 2. The Bertz CT molecular complexity index is 545. The van der Waals surface area contributed by atoms with Crippen LogP contribution in [0.3, 0.4) is 0 Å². The van der Waals surface area contributed by atoms with Gasteiger partial charge in [0.05, 0.1) is 10.4 Å². The fourth-order valence-electron chi connectivity index (χ4n) is 2.66. The van der Waals surface area contributed by atoms with Crippen molar-refractivity contribution in [1.29, 1.82) is 0 Å². The maximum Gasteiger partial charge on any atom is 0.309 e. The van der Waals surface area contributed by atoms with Crippen LogP contribution >= 0.6 is 11.6 Å². The molecule has 0 atom stereocenters. The van der Waals surface area contributed by atoms with Crippen molar-refractivity contribution in [2.24, 2.45) is 5.41 Å². The predicted molar refractivity (Wildman–Crippen MR) is 80.6 cm³/mol. The van der Waals surface area contributed by atoms with Crippen molar-refractivity contribution in [1.82, 2.24) is 9.47 Å². The third-order valence-corrected chi connectivity index (χ3v) is 4.42. The summed E-state index contributed by atoms with van der Waals surface area (Å²) < 4.78 is 1.87. The van der Waals surface area contributed by atoms with Crippen LogP contribution in [0.15, 0.2) is 12.3 Å². The Kier molecular flexibility index (Phi) is 4.61. The molecule has 5 nitrogen and oxygen atoms in total. The summed E-state index contributed by atoms with van der Waals surface area (Å²) in [5.41, 5.74) is -0.138. The summed E-state index contributed by atoms with van der Waals surface area (Å²) in [6.45, 7) is 5.47. The van der Waals surface area contributed by atoms with Gasteiger partial charge in [0, 0.05) is 25.8 Å². The van der Waals surface area contributed by atoms with Crippen LogP contribution in [0.1, 0.15) is 43.6 Å². The molecule has 2 heterocycles. The van der Waals surface area contributed by atoms with Crippen LogP contribution in [0.4, 0.5) is 0 Å². The minimum Gasteiger partial charge on any atom is -0.481 e. The molecule has 0 saturated carbocycles. The molecule has 1 aliphatic rings. The number of carboxylic acids is 1. The van der Waals surface area contributed by atoms with Crippen LogP contribution in [-0.2, 0) is 11.3 Å². The fourth-order valence-corrected chi connectivity index (χ4v) is 2.88. The van der Waals surface area contributed by atoms with Crippen LogP contribution in [0, 0.1) is 5.41 Å². The zero-order chi connectivity index (χ0) is 15.6. The topological polar surface area (TPSA) is 62.5 Å². The molecular weight excluding hydrogens is 292 g/mol. The zero-order valence-electron chi connectivity index (χ0n) is 12.4. The summed E-state index contributed by atoms with van der Waals surface area (Å²) in [7, 11) is 0. The van der Waals surface area contributed by atoms with Crippen molar-refractivity contribution in [3.63, 3.8) is 0 Å². The number of rotatable bonds is 4. The Labute approximate surface area is 129 Å². The highest BCUT2D eigenvalue weighted by molar-refractivity contribution is 6.31. The number of likely N-dealkylation sites (tertiary alicyclic amines) is 1. The van der Waals surface area contributed by atoms with E-state index >= 15 is 0 Å². The molecule has 1 aromatic rings. The lowest BCUT2D eigenvalue weighted by Gasteiger charge is -2.36. The first-order valence-electron chi connectivity index (χ1n) is 7.26. The van der Waals surface area contributed by atoms with E-state index in [9.17, 15) is 14.7 Å². The maximum atomic E-state index is 12.6. The monoisotopic (exact) mass is 312 g/mol. The number of halogens is 1. The molecule has 0 radical (unpaired) electrons. The van der Waals surface area contributed by atoms with E-state index in [0.29, 0.717) is 36.6 Å². The van der Waals surface area contributed by atoms with Gasteiger partial charge in [-0.2, -0.15) is 0 Å². The van der Waals surface area contributed by atoms with Crippen LogP contribution in [0.2, 0.25) is 5.02 Å². The van der Waals surface area contributed by atoms with Gasteiger partial charge in [0.15, 0.2) is 0 Å². The fraction of sp³-hybridized carbons (Fsp3) is 0.600. The van der Waals surface area contributed by atoms with E-state index in [-0.39, 0.29) is 5.91 Å². The smallest absolute Gasteiger partial charge is 0.309 e. The zero-order valence-corrected chi connectivity index (χ0v) is 13.2. The van der Waals surface area contributed by atoms with E-state index < -0.39 is 11.4 Å². The summed E-state index contributed by atoms with van der Waals surface area (Å²) in [4.78, 5) is 25.6. The van der Waals surface area contributed by atoms with Gasteiger partial charge in [-0.1, -0.05) is 18.5 Å². The Balaban J connectivity index is 2.10. The number of aromatic nitrogens is 1. The average molecular weight is 313 g/mol. The standard InChI is InChI=1S/C15H21ClN2O3/c1-3-6-18-10-11(16)9-12(18)13(19)17-7-4-15(2,5-8-17)14(20)21/h9-10H,3-8H2,1-2H3,(H,20,21). The highest BCUT2D eigenvalue weighted by Gasteiger charge is 2.38. The molecule has 0 spiro atoms. The lowest BCUT2D eigenvalue weighted by Crippen LogP contribution is -2.45. The predicted octanol–water partition coefficient (Wildman–Crippen LogP) is 2.88. The summed E-state index contributed by atoms with van der Waals surface area (Å²) in [5.74, 6) is -0.852. The molecule has 6 heteroatoms. The molecule has 0 aliphatic carbocycles. The van der Waals surface area contributed by atoms with Crippen LogP contribution < -0.4 is 0 Å². The maximum absolute atomic E-state index is 12.6. The highest BCUT2D eigenvalue weighted by atomic mass is 35.5. The first-order chi connectivity index (χ1) is 9.87. The normalized spacial score (nSPS) is 17.8. The van der Waals surface area contributed by atoms with Crippen LogP contribution in [0.25, 0.3) is 0 Å². The van der Waals surface area contributed by atoms with Crippen LogP contribution in [-0.4, -0.2) is 39.5 Å². The molecule has 2 rings (SSSR count). The van der Waals surface area contributed by atoms with E-state index in [4.69, 9.17) is 11.6 Å². The summed E-state index contributed by atoms with van der Waals surface area (Å²) >= 11 is 6.00. The summed E-state index contributed by atoms with van der Waals surface area (Å²) in [6.07, 6.45) is 3.65. The lowest BCUT2D eigenvalue weighted by atomic mass is 9.80. The van der Waals surface area contributed by atoms with Gasteiger partial charge < -0.3 is 14.6 Å². The van der Waals surface area contributed by atoms with Crippen molar-refractivity contribution in [3.05, 3.63) is 23.0 Å². The average Bonchev–Trinajstić information content (AvgIpc) is 2.80. The van der Waals surface area contributed by atoms with Crippen molar-refractivity contribution < 1.29 is 14.7 Å². The van der Waals surface area contributed by atoms with Crippen molar-refractivity contribution in [2.45, 2.75) is 39.7 Å². The number of aryl methyl sites for hydroxylation is 1. The molecule has 1 N–H and O–H groups in total. The van der Waals surface area contributed by atoms with Crippen molar-refractivity contribution in [2.75, 3.05) is 13.1 Å². The Morgan fingerprint density at radius 2 is 2.00 bits per heavy atom. The summed E-state index contributed by atoms with van der Waals surface area (Å²) in [6, 6.07) is 1.69. The minimum absolute atomic E-state index is 0.0669. The van der Waals surface area contributed by atoms with Crippen LogP contribution in [0.5, 0.6) is 0 Å². The minimum atomic E-state index is -0.785. The second kappa shape index (κ2) is 6.10. The Hall–Kier alpha value is -1.49. The first-order valence-corrected chi connectivity index (χ1v) is 7.63. The van der Waals surface area contributed by atoms with Gasteiger partial charge in [-0.15, -0.1) is 0 Å². The first kappa shape index (κ1) is 15.9. The SMILES string of the molecule is CCCn1cc(Cl)cc1C(=O)N1CCC(C)(C(=O)O)CC1. The van der Waals surface area contributed by atoms with E-state index in [1.165, 1.54) is 0 Å². The number of amides is 1. The molecule has 1 aromatic heterocycles. The molecule has 21 heavy (non-hydrogen) atoms. The lowest BCUT2D eigenvalue weighted by molar-refractivity contribution is -0.150. The Morgan fingerprint density at radius 1 is 1.38 bits per heavy atom. The highest BCUT2D eigenvalue weighted by Crippen LogP contribution is 2.31. The van der Waals surface area contributed by atoms with Gasteiger partial charge in [0.25, 0.3) is 5.91 Å². The molecular formula is C15H21ClN2O3. The number of carbonyl (C=O) groups excluding carboxylic acids is 1.